The SMILES string of the molecule is CC(O)N(C)Cn1nnc2ccccc21. The summed E-state index contributed by atoms with van der Waals surface area (Å²) in [4.78, 5) is 1.78. The van der Waals surface area contributed by atoms with Gasteiger partial charge < -0.3 is 5.11 Å². The molecule has 0 fully saturated rings. The average Bonchev–Trinajstić information content (AvgIpc) is 2.62. The zero-order chi connectivity index (χ0) is 10.8. The van der Waals surface area contributed by atoms with Crippen LogP contribution in [0.2, 0.25) is 0 Å². The number of nitrogens with zero attached hydrogens (tertiary/aromatic N) is 4. The summed E-state index contributed by atoms with van der Waals surface area (Å²) in [7, 11) is 1.83. The lowest BCUT2D eigenvalue weighted by atomic mass is 10.3. The van der Waals surface area contributed by atoms with Crippen LogP contribution >= 0.6 is 0 Å². The molecule has 15 heavy (non-hydrogen) atoms. The van der Waals surface area contributed by atoms with Crippen molar-refractivity contribution in [2.45, 2.75) is 19.8 Å². The third kappa shape index (κ3) is 1.98. The molecule has 2 rings (SSSR count). The van der Waals surface area contributed by atoms with Gasteiger partial charge in [-0.05, 0) is 26.1 Å². The van der Waals surface area contributed by atoms with E-state index in [0.29, 0.717) is 6.67 Å². The molecule has 0 spiro atoms. The lowest BCUT2D eigenvalue weighted by Gasteiger charge is -2.19. The molecule has 0 bridgehead atoms. The second-order valence-electron chi connectivity index (χ2n) is 3.61. The minimum Gasteiger partial charge on any atom is -0.379 e. The number of aliphatic hydroxyl groups excluding tert-OH is 1. The van der Waals surface area contributed by atoms with E-state index in [9.17, 15) is 5.11 Å². The summed E-state index contributed by atoms with van der Waals surface area (Å²) in [6.07, 6.45) is -0.493. The van der Waals surface area contributed by atoms with E-state index in [0.717, 1.165) is 11.0 Å². The normalized spacial score (nSPS) is 13.6. The van der Waals surface area contributed by atoms with E-state index < -0.39 is 6.23 Å². The molecule has 0 aliphatic rings. The first-order chi connectivity index (χ1) is 7.18. The highest BCUT2D eigenvalue weighted by Crippen LogP contribution is 2.10. The average molecular weight is 206 g/mol. The van der Waals surface area contributed by atoms with Crippen molar-refractivity contribution in [2.24, 2.45) is 0 Å². The zero-order valence-electron chi connectivity index (χ0n) is 8.83. The number of rotatable bonds is 3. The van der Waals surface area contributed by atoms with Crippen LogP contribution in [0.25, 0.3) is 11.0 Å². The van der Waals surface area contributed by atoms with E-state index in [2.05, 4.69) is 10.3 Å². The van der Waals surface area contributed by atoms with Crippen LogP contribution < -0.4 is 0 Å². The smallest absolute Gasteiger partial charge is 0.113 e. The molecule has 1 aromatic heterocycles. The molecule has 1 atom stereocenters. The number of hydrogen-bond acceptors (Lipinski definition) is 4. The third-order valence-corrected chi connectivity index (χ3v) is 2.42. The number of para-hydroxylation sites is 1. The summed E-state index contributed by atoms with van der Waals surface area (Å²) in [5.74, 6) is 0. The van der Waals surface area contributed by atoms with Gasteiger partial charge in [-0.15, -0.1) is 5.10 Å². The van der Waals surface area contributed by atoms with Gasteiger partial charge in [0.25, 0.3) is 0 Å². The van der Waals surface area contributed by atoms with Crippen molar-refractivity contribution in [1.29, 1.82) is 0 Å². The summed E-state index contributed by atoms with van der Waals surface area (Å²) >= 11 is 0. The molecule has 5 heteroatoms. The van der Waals surface area contributed by atoms with Crippen LogP contribution in [0.4, 0.5) is 0 Å². The van der Waals surface area contributed by atoms with Gasteiger partial charge in [-0.2, -0.15) is 0 Å². The molecule has 2 aromatic rings. The van der Waals surface area contributed by atoms with E-state index in [1.165, 1.54) is 0 Å². The number of fused-ring (bicyclic) bond motifs is 1. The Labute approximate surface area is 87.9 Å². The molecule has 1 heterocycles. The summed E-state index contributed by atoms with van der Waals surface area (Å²) in [5, 5.41) is 17.4. The standard InChI is InChI=1S/C10H14N4O/c1-8(15)13(2)7-14-10-6-4-3-5-9(10)11-12-14/h3-6,8,15H,7H2,1-2H3. The van der Waals surface area contributed by atoms with E-state index in [-0.39, 0.29) is 0 Å². The minimum absolute atomic E-state index is 0.493. The lowest BCUT2D eigenvalue weighted by molar-refractivity contribution is 0.0153. The van der Waals surface area contributed by atoms with Gasteiger partial charge in [-0.1, -0.05) is 17.3 Å². The van der Waals surface area contributed by atoms with Crippen molar-refractivity contribution in [1.82, 2.24) is 19.9 Å². The Morgan fingerprint density at radius 3 is 2.93 bits per heavy atom. The molecule has 0 aliphatic carbocycles. The maximum absolute atomic E-state index is 9.36. The van der Waals surface area contributed by atoms with Crippen molar-refractivity contribution >= 4 is 11.0 Å². The quantitative estimate of drug-likeness (QED) is 0.749. The van der Waals surface area contributed by atoms with Gasteiger partial charge in [-0.25, -0.2) is 4.68 Å². The molecule has 1 N–H and O–H groups in total. The molecule has 0 radical (unpaired) electrons. The second-order valence-corrected chi connectivity index (χ2v) is 3.61. The predicted octanol–water partition coefficient (Wildman–Crippen LogP) is 0.659. The van der Waals surface area contributed by atoms with Gasteiger partial charge in [0.15, 0.2) is 0 Å². The number of benzene rings is 1. The van der Waals surface area contributed by atoms with Crippen LogP contribution in [0.15, 0.2) is 24.3 Å². The van der Waals surface area contributed by atoms with Crippen molar-refractivity contribution in [3.8, 4) is 0 Å². The first-order valence-corrected chi connectivity index (χ1v) is 4.85. The van der Waals surface area contributed by atoms with Gasteiger partial charge in [0, 0.05) is 0 Å². The van der Waals surface area contributed by atoms with Crippen LogP contribution in [-0.4, -0.2) is 38.3 Å². The number of aliphatic hydroxyl groups is 1. The largest absolute Gasteiger partial charge is 0.379 e. The molecule has 1 aromatic carbocycles. The fourth-order valence-corrected chi connectivity index (χ4v) is 1.35. The molecular weight excluding hydrogens is 192 g/mol. The summed E-state index contributed by atoms with van der Waals surface area (Å²) in [6.45, 7) is 2.25. The number of hydrogen-bond donors (Lipinski definition) is 1. The predicted molar refractivity (Wildman–Crippen MR) is 57.0 cm³/mol. The molecule has 0 saturated heterocycles. The van der Waals surface area contributed by atoms with Crippen LogP contribution in [0.3, 0.4) is 0 Å². The molecule has 0 aliphatic heterocycles. The fraction of sp³-hybridized carbons (Fsp3) is 0.400. The first kappa shape index (κ1) is 10.1. The Hall–Kier alpha value is -1.46. The highest BCUT2D eigenvalue weighted by molar-refractivity contribution is 5.73. The van der Waals surface area contributed by atoms with Crippen LogP contribution in [0.1, 0.15) is 6.92 Å². The highest BCUT2D eigenvalue weighted by atomic mass is 16.3. The van der Waals surface area contributed by atoms with E-state index in [1.54, 1.807) is 16.5 Å². The molecule has 1 unspecified atom stereocenters. The van der Waals surface area contributed by atoms with Gasteiger partial charge in [0.2, 0.25) is 0 Å². The Morgan fingerprint density at radius 1 is 1.47 bits per heavy atom. The van der Waals surface area contributed by atoms with Gasteiger partial charge in [0.05, 0.1) is 12.2 Å². The van der Waals surface area contributed by atoms with E-state index >= 15 is 0 Å². The molecule has 0 amide bonds. The molecule has 5 nitrogen and oxygen atoms in total. The third-order valence-electron chi connectivity index (χ3n) is 2.42. The Kier molecular flexibility index (Phi) is 2.66. The summed E-state index contributed by atoms with van der Waals surface area (Å²) < 4.78 is 1.77. The van der Waals surface area contributed by atoms with Crippen molar-refractivity contribution in [3.63, 3.8) is 0 Å². The van der Waals surface area contributed by atoms with Crippen molar-refractivity contribution in [3.05, 3.63) is 24.3 Å². The van der Waals surface area contributed by atoms with E-state index in [1.807, 2.05) is 31.3 Å². The van der Waals surface area contributed by atoms with Crippen molar-refractivity contribution < 1.29 is 5.11 Å². The van der Waals surface area contributed by atoms with Gasteiger partial charge in [0.1, 0.15) is 11.7 Å². The first-order valence-electron chi connectivity index (χ1n) is 4.85. The Balaban J connectivity index is 2.29. The van der Waals surface area contributed by atoms with E-state index in [4.69, 9.17) is 0 Å². The maximum atomic E-state index is 9.36. The van der Waals surface area contributed by atoms with Gasteiger partial charge in [-0.3, -0.25) is 4.90 Å². The highest BCUT2D eigenvalue weighted by Gasteiger charge is 2.08. The molecule has 80 valence electrons. The van der Waals surface area contributed by atoms with Crippen LogP contribution in [0.5, 0.6) is 0 Å². The lowest BCUT2D eigenvalue weighted by Crippen LogP contribution is -2.31. The maximum Gasteiger partial charge on any atom is 0.113 e. The topological polar surface area (TPSA) is 54.2 Å². The molecular formula is C10H14N4O. The molecule has 0 saturated carbocycles. The van der Waals surface area contributed by atoms with Gasteiger partial charge >= 0.3 is 0 Å². The second kappa shape index (κ2) is 3.96. The monoisotopic (exact) mass is 206 g/mol. The summed E-state index contributed by atoms with van der Waals surface area (Å²) in [5.41, 5.74) is 1.85. The van der Waals surface area contributed by atoms with Crippen LogP contribution in [-0.2, 0) is 6.67 Å². The summed E-state index contributed by atoms with van der Waals surface area (Å²) in [6, 6.07) is 7.76. The Bertz CT molecular complexity index is 451. The minimum atomic E-state index is -0.493. The number of aromatic nitrogens is 3. The fourth-order valence-electron chi connectivity index (χ4n) is 1.35. The van der Waals surface area contributed by atoms with Crippen LogP contribution in [0, 0.1) is 0 Å². The van der Waals surface area contributed by atoms with Crippen molar-refractivity contribution in [2.75, 3.05) is 7.05 Å². The Morgan fingerprint density at radius 2 is 2.20 bits per heavy atom. The zero-order valence-corrected chi connectivity index (χ0v) is 8.83.